The Morgan fingerprint density at radius 1 is 0.391 bits per heavy atom. The number of nitrogens with one attached hydrogen (secondary N) is 3. The third kappa shape index (κ3) is 13.1. The van der Waals surface area contributed by atoms with Crippen LogP contribution in [0.5, 0.6) is 17.2 Å². The summed E-state index contributed by atoms with van der Waals surface area (Å²) in [4.78, 5) is 71.1. The van der Waals surface area contributed by atoms with Gasteiger partial charge in [-0.2, -0.15) is 0 Å². The first kappa shape index (κ1) is 44.8. The van der Waals surface area contributed by atoms with Crippen LogP contribution in [0.4, 0.5) is 34.1 Å². The molecular formula is C45H39N7O12. The van der Waals surface area contributed by atoms with Gasteiger partial charge in [-0.3, -0.25) is 49.6 Å². The molecule has 6 aromatic carbocycles. The molecule has 19 heteroatoms. The summed E-state index contributed by atoms with van der Waals surface area (Å²) in [6, 6.07) is 36.1. The van der Waals surface area contributed by atoms with Gasteiger partial charge in [-0.15, -0.1) is 0 Å². The number of anilines is 3. The van der Waals surface area contributed by atoms with Crippen LogP contribution in [0.25, 0.3) is 0 Å². The lowest BCUT2D eigenvalue weighted by Crippen LogP contribution is -2.35. The highest BCUT2D eigenvalue weighted by Crippen LogP contribution is 2.21. The fourth-order valence-corrected chi connectivity index (χ4v) is 5.93. The van der Waals surface area contributed by atoms with Crippen LogP contribution < -0.4 is 30.2 Å². The standard InChI is InChI=1S/C45H39N7O12/c53-43(31-1-13-37(14-2-31)50(56)57)46-34-7-19-40(20-8-34)62-28-25-49(26-29-63-41-21-9-35(10-22-41)47-44(54)32-3-15-38(16-4-32)51(58)59)27-30-64-42-23-11-36(12-24-42)48-45(55)33-5-17-39(18-6-33)52(60)61/h1-24H,25-30H2,(H,46,53)(H,47,54)(H,48,55). The largest absolute Gasteiger partial charge is 0.492 e. The molecule has 0 spiro atoms. The highest BCUT2D eigenvalue weighted by atomic mass is 16.6. The molecular weight excluding hydrogens is 831 g/mol. The Morgan fingerprint density at radius 3 is 0.844 bits per heavy atom. The van der Waals surface area contributed by atoms with Crippen LogP contribution in [-0.2, 0) is 0 Å². The van der Waals surface area contributed by atoms with Gasteiger partial charge >= 0.3 is 0 Å². The van der Waals surface area contributed by atoms with Crippen molar-refractivity contribution in [2.24, 2.45) is 0 Å². The number of nitrogens with zero attached hydrogens (tertiary/aromatic N) is 4. The van der Waals surface area contributed by atoms with E-state index >= 15 is 0 Å². The third-order valence-electron chi connectivity index (χ3n) is 9.39. The SMILES string of the molecule is O=C(Nc1ccc(OCCN(CCOc2ccc(NC(=O)c3ccc([N+](=O)[O-])cc3)cc2)CCOc2ccc(NC(=O)c3ccc([N+](=O)[O-])cc3)cc2)cc1)c1ccc([N+](=O)[O-])cc1. The van der Waals surface area contributed by atoms with Gasteiger partial charge in [-0.05, 0) is 109 Å². The van der Waals surface area contributed by atoms with Crippen molar-refractivity contribution in [1.29, 1.82) is 0 Å². The summed E-state index contributed by atoms with van der Waals surface area (Å²) in [6.45, 7) is 2.31. The van der Waals surface area contributed by atoms with Gasteiger partial charge in [-0.1, -0.05) is 0 Å². The summed E-state index contributed by atoms with van der Waals surface area (Å²) in [5, 5.41) is 41.0. The van der Waals surface area contributed by atoms with Crippen molar-refractivity contribution in [3.8, 4) is 17.2 Å². The molecule has 0 aliphatic heterocycles. The van der Waals surface area contributed by atoms with E-state index in [4.69, 9.17) is 14.2 Å². The van der Waals surface area contributed by atoms with Gasteiger partial charge < -0.3 is 30.2 Å². The molecule has 0 bridgehead atoms. The van der Waals surface area contributed by atoms with E-state index in [0.717, 1.165) is 0 Å². The molecule has 3 amide bonds. The Balaban J connectivity index is 1.00. The number of nitro benzene ring substituents is 3. The van der Waals surface area contributed by atoms with E-state index in [2.05, 4.69) is 20.9 Å². The van der Waals surface area contributed by atoms with Gasteiger partial charge in [0.1, 0.15) is 37.1 Å². The minimum atomic E-state index is -0.539. The molecule has 0 aromatic heterocycles. The van der Waals surface area contributed by atoms with E-state index in [1.807, 2.05) is 0 Å². The minimum absolute atomic E-state index is 0.116. The number of carbonyl (C=O) groups excluding carboxylic acids is 3. The molecule has 19 nitrogen and oxygen atoms in total. The molecule has 0 atom stereocenters. The lowest BCUT2D eigenvalue weighted by atomic mass is 10.2. The predicted octanol–water partition coefficient (Wildman–Crippen LogP) is 8.01. The number of ether oxygens (including phenoxy) is 3. The number of amides is 3. The first-order valence-electron chi connectivity index (χ1n) is 19.5. The maximum atomic E-state index is 12.6. The molecule has 0 radical (unpaired) electrons. The second-order valence-corrected chi connectivity index (χ2v) is 13.7. The first-order chi connectivity index (χ1) is 30.9. The maximum absolute atomic E-state index is 12.6. The summed E-state index contributed by atoms with van der Waals surface area (Å²) < 4.78 is 18.0. The molecule has 0 aliphatic carbocycles. The third-order valence-corrected chi connectivity index (χ3v) is 9.39. The maximum Gasteiger partial charge on any atom is 0.269 e. The van der Waals surface area contributed by atoms with Crippen molar-refractivity contribution in [1.82, 2.24) is 4.90 Å². The minimum Gasteiger partial charge on any atom is -0.492 e. The van der Waals surface area contributed by atoms with Crippen molar-refractivity contribution in [2.45, 2.75) is 0 Å². The number of hydrogen-bond acceptors (Lipinski definition) is 13. The topological polar surface area (TPSA) is 248 Å². The quantitative estimate of drug-likeness (QED) is 0.0459. The number of hydrogen-bond donors (Lipinski definition) is 3. The Labute approximate surface area is 364 Å². The van der Waals surface area contributed by atoms with Crippen molar-refractivity contribution in [3.05, 3.63) is 193 Å². The highest BCUT2D eigenvalue weighted by Gasteiger charge is 2.14. The summed E-state index contributed by atoms with van der Waals surface area (Å²) in [6.07, 6.45) is 0. The molecule has 6 aromatic rings. The van der Waals surface area contributed by atoms with Gasteiger partial charge in [0, 0.05) is 89.8 Å². The number of non-ortho nitro benzene ring substituents is 3. The van der Waals surface area contributed by atoms with Crippen LogP contribution in [-0.4, -0.2) is 76.8 Å². The molecule has 0 fully saturated rings. The van der Waals surface area contributed by atoms with Gasteiger partial charge in [0.15, 0.2) is 0 Å². The molecule has 0 aliphatic rings. The number of benzene rings is 6. The van der Waals surface area contributed by atoms with E-state index < -0.39 is 32.5 Å². The smallest absolute Gasteiger partial charge is 0.269 e. The molecule has 6 rings (SSSR count). The normalized spacial score (nSPS) is 10.6. The Kier molecular flexibility index (Phi) is 15.2. The molecule has 0 saturated carbocycles. The summed E-state index contributed by atoms with van der Waals surface area (Å²) in [5.74, 6) is 0.405. The Bertz CT molecular complexity index is 2290. The lowest BCUT2D eigenvalue weighted by Gasteiger charge is -2.23. The van der Waals surface area contributed by atoms with Crippen LogP contribution in [0.1, 0.15) is 31.1 Å². The number of carbonyl (C=O) groups is 3. The summed E-state index contributed by atoms with van der Waals surface area (Å²) in [7, 11) is 0. The monoisotopic (exact) mass is 869 g/mol. The van der Waals surface area contributed by atoms with Crippen molar-refractivity contribution < 1.29 is 43.4 Å². The van der Waals surface area contributed by atoms with Crippen LogP contribution in [0, 0.1) is 30.3 Å². The van der Waals surface area contributed by atoms with Crippen LogP contribution >= 0.6 is 0 Å². The average Bonchev–Trinajstić information content (AvgIpc) is 3.30. The molecule has 0 heterocycles. The van der Waals surface area contributed by atoms with E-state index in [1.165, 1.54) is 72.8 Å². The van der Waals surface area contributed by atoms with E-state index in [1.54, 1.807) is 72.8 Å². The van der Waals surface area contributed by atoms with Gasteiger partial charge in [0.2, 0.25) is 0 Å². The summed E-state index contributed by atoms with van der Waals surface area (Å²) >= 11 is 0. The molecule has 3 N–H and O–H groups in total. The van der Waals surface area contributed by atoms with Crippen LogP contribution in [0.2, 0.25) is 0 Å². The zero-order chi connectivity index (χ0) is 45.4. The van der Waals surface area contributed by atoms with Crippen molar-refractivity contribution in [3.63, 3.8) is 0 Å². The van der Waals surface area contributed by atoms with Gasteiger partial charge in [0.25, 0.3) is 34.8 Å². The fourth-order valence-electron chi connectivity index (χ4n) is 5.93. The van der Waals surface area contributed by atoms with E-state index in [-0.39, 0.29) is 33.8 Å². The van der Waals surface area contributed by atoms with Crippen molar-refractivity contribution >= 4 is 51.8 Å². The van der Waals surface area contributed by atoms with E-state index in [9.17, 15) is 44.7 Å². The molecule has 0 unspecified atom stereocenters. The second-order valence-electron chi connectivity index (χ2n) is 13.7. The van der Waals surface area contributed by atoms with Crippen molar-refractivity contribution in [2.75, 3.05) is 55.4 Å². The Morgan fingerprint density at radius 2 is 0.625 bits per heavy atom. The van der Waals surface area contributed by atoms with Gasteiger partial charge in [0.05, 0.1) is 14.8 Å². The zero-order valence-electron chi connectivity index (χ0n) is 33.8. The van der Waals surface area contributed by atoms with E-state index in [0.29, 0.717) is 73.8 Å². The lowest BCUT2D eigenvalue weighted by molar-refractivity contribution is -0.385. The molecule has 64 heavy (non-hydrogen) atoms. The predicted molar refractivity (Wildman–Crippen MR) is 235 cm³/mol. The molecule has 0 saturated heterocycles. The first-order valence-corrected chi connectivity index (χ1v) is 19.5. The fraction of sp³-hybridized carbons (Fsp3) is 0.133. The zero-order valence-corrected chi connectivity index (χ0v) is 33.8. The number of rotatable bonds is 21. The second kappa shape index (κ2) is 21.7. The highest BCUT2D eigenvalue weighted by molar-refractivity contribution is 6.05. The van der Waals surface area contributed by atoms with Crippen LogP contribution in [0.15, 0.2) is 146 Å². The summed E-state index contributed by atoms with van der Waals surface area (Å²) in [5.41, 5.74) is 1.97. The molecule has 326 valence electrons. The van der Waals surface area contributed by atoms with Gasteiger partial charge in [-0.25, -0.2) is 0 Å². The average molecular weight is 870 g/mol. The van der Waals surface area contributed by atoms with Crippen LogP contribution in [0.3, 0.4) is 0 Å². The number of nitro groups is 3. The Hall–Kier alpha value is -8.71.